The predicted molar refractivity (Wildman–Crippen MR) is 63.0 cm³/mol. The van der Waals surface area contributed by atoms with Crippen molar-refractivity contribution < 1.29 is 0 Å². The zero-order chi connectivity index (χ0) is 10.4. The van der Waals surface area contributed by atoms with Crippen LogP contribution in [0.3, 0.4) is 0 Å². The highest BCUT2D eigenvalue weighted by Crippen LogP contribution is 2.01. The van der Waals surface area contributed by atoms with Crippen LogP contribution in [0.2, 0.25) is 0 Å². The summed E-state index contributed by atoms with van der Waals surface area (Å²) in [6.45, 7) is 6.17. The Kier molecular flexibility index (Phi) is 4.11. The van der Waals surface area contributed by atoms with E-state index in [9.17, 15) is 0 Å². The maximum absolute atomic E-state index is 4.40. The lowest BCUT2D eigenvalue weighted by Crippen LogP contribution is -1.92. The molecular weight excluding hydrogens is 170 g/mol. The third-order valence-electron chi connectivity index (χ3n) is 2.01. The van der Waals surface area contributed by atoms with Gasteiger partial charge in [0, 0.05) is 6.21 Å². The summed E-state index contributed by atoms with van der Waals surface area (Å²) in [6, 6.07) is 8.63. The van der Waals surface area contributed by atoms with E-state index in [1.165, 1.54) is 5.56 Å². The van der Waals surface area contributed by atoms with Crippen molar-refractivity contribution in [2.75, 3.05) is 0 Å². The van der Waals surface area contributed by atoms with Crippen molar-refractivity contribution in [3.8, 4) is 0 Å². The average molecular weight is 187 g/mol. The maximum Gasteiger partial charge on any atom is 0.0651 e. The van der Waals surface area contributed by atoms with Crippen LogP contribution in [-0.2, 0) is 0 Å². The molecule has 1 heteroatoms. The van der Waals surface area contributed by atoms with Gasteiger partial charge >= 0.3 is 0 Å². The van der Waals surface area contributed by atoms with Crippen LogP contribution in [0, 0.1) is 6.92 Å². The Morgan fingerprint density at radius 3 is 2.43 bits per heavy atom. The van der Waals surface area contributed by atoms with Crippen LogP contribution < -0.4 is 0 Å². The number of aliphatic imine (C=N–C) groups is 1. The molecule has 1 rings (SSSR count). The van der Waals surface area contributed by atoms with Crippen molar-refractivity contribution in [1.29, 1.82) is 0 Å². The van der Waals surface area contributed by atoms with Gasteiger partial charge in [-0.25, -0.2) is 0 Å². The zero-order valence-corrected chi connectivity index (χ0v) is 9.07. The molecule has 0 amide bonds. The molecule has 0 heterocycles. The minimum absolute atomic E-state index is 0.265. The first-order valence-corrected chi connectivity index (χ1v) is 4.95. The molecule has 0 aromatic heterocycles. The highest BCUT2D eigenvalue weighted by molar-refractivity contribution is 5.79. The zero-order valence-electron chi connectivity index (χ0n) is 9.07. The molecule has 14 heavy (non-hydrogen) atoms. The minimum Gasteiger partial charge on any atom is -0.285 e. The van der Waals surface area contributed by atoms with Crippen LogP contribution in [0.4, 0.5) is 0 Å². The Labute approximate surface area is 86.2 Å². The monoisotopic (exact) mass is 187 g/mol. The van der Waals surface area contributed by atoms with Gasteiger partial charge in [0.1, 0.15) is 0 Å². The molecule has 0 saturated heterocycles. The van der Waals surface area contributed by atoms with Crippen molar-refractivity contribution in [1.82, 2.24) is 0 Å². The Hall–Kier alpha value is -1.37. The van der Waals surface area contributed by atoms with Crippen molar-refractivity contribution in [3.63, 3.8) is 0 Å². The molecule has 0 bridgehead atoms. The fourth-order valence-corrected chi connectivity index (χ4v) is 1.18. The average Bonchev–Trinajstić information content (AvgIpc) is 2.17. The summed E-state index contributed by atoms with van der Waals surface area (Å²) in [7, 11) is 0. The lowest BCUT2D eigenvalue weighted by molar-refractivity contribution is 0.930. The van der Waals surface area contributed by atoms with Gasteiger partial charge in [0.15, 0.2) is 0 Å². The summed E-state index contributed by atoms with van der Waals surface area (Å²) in [5, 5.41) is 0. The molecule has 1 unspecified atom stereocenters. The standard InChI is InChI=1S/C13H17N/c1-4-5-12(3)14-10-13-8-6-11(2)7-9-13/h4-10,12H,1-3H3. The van der Waals surface area contributed by atoms with E-state index in [0.29, 0.717) is 0 Å². The smallest absolute Gasteiger partial charge is 0.0651 e. The number of hydrogen-bond donors (Lipinski definition) is 0. The van der Waals surface area contributed by atoms with Gasteiger partial charge in [-0.1, -0.05) is 42.0 Å². The molecule has 1 aromatic rings. The molecule has 0 radical (unpaired) electrons. The van der Waals surface area contributed by atoms with Gasteiger partial charge in [0.25, 0.3) is 0 Å². The van der Waals surface area contributed by atoms with E-state index >= 15 is 0 Å². The minimum atomic E-state index is 0.265. The Morgan fingerprint density at radius 1 is 1.21 bits per heavy atom. The van der Waals surface area contributed by atoms with E-state index in [4.69, 9.17) is 0 Å². The normalized spacial score (nSPS) is 13.9. The fourth-order valence-electron chi connectivity index (χ4n) is 1.18. The van der Waals surface area contributed by atoms with Gasteiger partial charge in [0.2, 0.25) is 0 Å². The van der Waals surface area contributed by atoms with E-state index in [-0.39, 0.29) is 6.04 Å². The summed E-state index contributed by atoms with van der Waals surface area (Å²) in [6.07, 6.45) is 6.02. The molecule has 0 saturated carbocycles. The van der Waals surface area contributed by atoms with Crippen molar-refractivity contribution in [2.45, 2.75) is 26.8 Å². The van der Waals surface area contributed by atoms with E-state index in [2.05, 4.69) is 49.2 Å². The molecule has 1 aromatic carbocycles. The molecule has 0 aliphatic rings. The summed E-state index contributed by atoms with van der Waals surface area (Å²) in [4.78, 5) is 4.40. The van der Waals surface area contributed by atoms with Gasteiger partial charge in [-0.2, -0.15) is 0 Å². The van der Waals surface area contributed by atoms with Crippen LogP contribution >= 0.6 is 0 Å². The lowest BCUT2D eigenvalue weighted by atomic mass is 10.2. The van der Waals surface area contributed by atoms with Gasteiger partial charge in [-0.05, 0) is 26.3 Å². The fraction of sp³-hybridized carbons (Fsp3) is 0.308. The van der Waals surface area contributed by atoms with Gasteiger partial charge in [0.05, 0.1) is 6.04 Å². The Morgan fingerprint density at radius 2 is 1.86 bits per heavy atom. The molecule has 0 aliphatic heterocycles. The van der Waals surface area contributed by atoms with Gasteiger partial charge < -0.3 is 0 Å². The topological polar surface area (TPSA) is 12.4 Å². The Balaban J connectivity index is 2.64. The highest BCUT2D eigenvalue weighted by atomic mass is 14.7. The summed E-state index contributed by atoms with van der Waals surface area (Å²) < 4.78 is 0. The number of hydrogen-bond acceptors (Lipinski definition) is 1. The van der Waals surface area contributed by atoms with Gasteiger partial charge in [-0.3, -0.25) is 4.99 Å². The Bertz CT molecular complexity index is 320. The molecule has 1 atom stereocenters. The third-order valence-corrected chi connectivity index (χ3v) is 2.01. The quantitative estimate of drug-likeness (QED) is 0.508. The van der Waals surface area contributed by atoms with Gasteiger partial charge in [-0.15, -0.1) is 0 Å². The second-order valence-electron chi connectivity index (χ2n) is 3.46. The number of aryl methyl sites for hydroxylation is 1. The first-order chi connectivity index (χ1) is 6.72. The second kappa shape index (κ2) is 5.38. The second-order valence-corrected chi connectivity index (χ2v) is 3.46. The van der Waals surface area contributed by atoms with Crippen molar-refractivity contribution in [2.24, 2.45) is 4.99 Å². The molecule has 0 N–H and O–H groups in total. The number of benzene rings is 1. The molecular formula is C13H17N. The lowest BCUT2D eigenvalue weighted by Gasteiger charge is -1.98. The number of allylic oxidation sites excluding steroid dienone is 1. The highest BCUT2D eigenvalue weighted by Gasteiger charge is 1.90. The number of rotatable bonds is 3. The van der Waals surface area contributed by atoms with Crippen molar-refractivity contribution >= 4 is 6.21 Å². The van der Waals surface area contributed by atoms with Crippen LogP contribution in [-0.4, -0.2) is 12.3 Å². The molecule has 0 aliphatic carbocycles. The van der Waals surface area contributed by atoms with E-state index in [1.54, 1.807) is 0 Å². The maximum atomic E-state index is 4.40. The first kappa shape index (κ1) is 10.7. The SMILES string of the molecule is CC=CC(C)N=Cc1ccc(C)cc1. The molecule has 1 nitrogen and oxygen atoms in total. The van der Waals surface area contributed by atoms with E-state index in [1.807, 2.05) is 19.2 Å². The summed E-state index contributed by atoms with van der Waals surface area (Å²) in [5.41, 5.74) is 2.44. The largest absolute Gasteiger partial charge is 0.285 e. The number of nitrogens with zero attached hydrogens (tertiary/aromatic N) is 1. The van der Waals surface area contributed by atoms with Crippen LogP contribution in [0.25, 0.3) is 0 Å². The molecule has 74 valence electrons. The first-order valence-electron chi connectivity index (χ1n) is 4.95. The van der Waals surface area contributed by atoms with E-state index < -0.39 is 0 Å². The third kappa shape index (κ3) is 3.56. The van der Waals surface area contributed by atoms with Crippen LogP contribution in [0.5, 0.6) is 0 Å². The summed E-state index contributed by atoms with van der Waals surface area (Å²) in [5.74, 6) is 0. The molecule has 0 fully saturated rings. The predicted octanol–water partition coefficient (Wildman–Crippen LogP) is 3.38. The van der Waals surface area contributed by atoms with E-state index in [0.717, 1.165) is 5.56 Å². The van der Waals surface area contributed by atoms with Crippen LogP contribution in [0.1, 0.15) is 25.0 Å². The van der Waals surface area contributed by atoms with Crippen molar-refractivity contribution in [3.05, 3.63) is 47.5 Å². The summed E-state index contributed by atoms with van der Waals surface area (Å²) >= 11 is 0. The van der Waals surface area contributed by atoms with Crippen LogP contribution in [0.15, 0.2) is 41.4 Å². The molecule has 0 spiro atoms.